The van der Waals surface area contributed by atoms with Gasteiger partial charge in [0.1, 0.15) is 5.75 Å². The Kier molecular flexibility index (Phi) is 6.99. The summed E-state index contributed by atoms with van der Waals surface area (Å²) < 4.78 is 5.18. The molecule has 1 saturated heterocycles. The van der Waals surface area contributed by atoms with Gasteiger partial charge in [-0.2, -0.15) is 5.26 Å². The van der Waals surface area contributed by atoms with Crippen LogP contribution in [-0.2, 0) is 9.59 Å². The number of benzene rings is 1. The topological polar surface area (TPSA) is 82.4 Å². The lowest BCUT2D eigenvalue weighted by Crippen LogP contribution is -2.35. The highest BCUT2D eigenvalue weighted by atomic mass is 32.2. The molecule has 1 atom stereocenters. The minimum Gasteiger partial charge on any atom is -0.497 e. The summed E-state index contributed by atoms with van der Waals surface area (Å²) in [6.45, 7) is 1.59. The normalized spacial score (nSPS) is 20.2. The Labute approximate surface area is 169 Å². The van der Waals surface area contributed by atoms with Crippen LogP contribution in [-0.4, -0.2) is 42.7 Å². The minimum absolute atomic E-state index is 0.0671. The highest BCUT2D eigenvalue weighted by molar-refractivity contribution is 8.03. The van der Waals surface area contributed by atoms with E-state index < -0.39 is 0 Å². The molecule has 0 saturated carbocycles. The maximum atomic E-state index is 12.6. The molecule has 0 radical (unpaired) electrons. The van der Waals surface area contributed by atoms with E-state index in [0.29, 0.717) is 10.6 Å². The number of ether oxygens (including phenoxy) is 1. The summed E-state index contributed by atoms with van der Waals surface area (Å²) in [6.07, 6.45) is 4.64. The van der Waals surface area contributed by atoms with Gasteiger partial charge in [-0.05, 0) is 30.5 Å². The number of nitriles is 1. The number of thioether (sulfide) groups is 1. The first kappa shape index (κ1) is 20.3. The quantitative estimate of drug-likeness (QED) is 0.822. The number of likely N-dealkylation sites (tertiary alicyclic amines) is 1. The van der Waals surface area contributed by atoms with Crippen LogP contribution in [0.3, 0.4) is 0 Å². The first-order chi connectivity index (χ1) is 13.6. The number of carbonyl (C=O) groups excluding carboxylic acids is 2. The Morgan fingerprint density at radius 3 is 2.54 bits per heavy atom. The van der Waals surface area contributed by atoms with Crippen molar-refractivity contribution in [2.75, 3.05) is 26.0 Å². The van der Waals surface area contributed by atoms with Crippen molar-refractivity contribution >= 4 is 23.6 Å². The summed E-state index contributed by atoms with van der Waals surface area (Å²) in [6, 6.07) is 9.66. The van der Waals surface area contributed by atoms with Gasteiger partial charge in [-0.25, -0.2) is 0 Å². The Bertz CT molecular complexity index is 790. The van der Waals surface area contributed by atoms with E-state index >= 15 is 0 Å². The molecule has 6 nitrogen and oxygen atoms in total. The molecule has 1 aromatic carbocycles. The lowest BCUT2D eigenvalue weighted by atomic mass is 9.87. The van der Waals surface area contributed by atoms with Gasteiger partial charge in [-0.3, -0.25) is 9.59 Å². The predicted octanol–water partition coefficient (Wildman–Crippen LogP) is 3.17. The number of nitrogens with zero attached hydrogens (tertiary/aromatic N) is 2. The molecule has 1 N–H and O–H groups in total. The molecule has 1 aromatic rings. The molecule has 0 spiro atoms. The van der Waals surface area contributed by atoms with E-state index in [2.05, 4.69) is 11.4 Å². The van der Waals surface area contributed by atoms with Gasteiger partial charge >= 0.3 is 0 Å². The first-order valence-electron chi connectivity index (χ1n) is 9.61. The van der Waals surface area contributed by atoms with Crippen molar-refractivity contribution in [2.45, 2.75) is 38.0 Å². The van der Waals surface area contributed by atoms with Crippen LogP contribution in [0.5, 0.6) is 5.75 Å². The maximum absolute atomic E-state index is 12.6. The van der Waals surface area contributed by atoms with Crippen LogP contribution in [0.15, 0.2) is 34.9 Å². The summed E-state index contributed by atoms with van der Waals surface area (Å²) in [4.78, 5) is 26.7. The van der Waals surface area contributed by atoms with Crippen molar-refractivity contribution in [1.29, 1.82) is 5.26 Å². The molecule has 2 aliphatic rings. The number of methoxy groups -OCH3 is 1. The number of hydrogen-bond acceptors (Lipinski definition) is 5. The van der Waals surface area contributed by atoms with Crippen LogP contribution < -0.4 is 10.1 Å². The third-order valence-corrected chi connectivity index (χ3v) is 6.17. The average Bonchev–Trinajstić information content (AvgIpc) is 3.01. The van der Waals surface area contributed by atoms with Crippen molar-refractivity contribution in [3.63, 3.8) is 0 Å². The second-order valence-corrected chi connectivity index (χ2v) is 8.00. The third-order valence-electron chi connectivity index (χ3n) is 5.17. The monoisotopic (exact) mass is 399 g/mol. The molecule has 0 aromatic heterocycles. The van der Waals surface area contributed by atoms with E-state index in [1.807, 2.05) is 29.2 Å². The number of rotatable bonds is 5. The molecule has 0 bridgehead atoms. The highest BCUT2D eigenvalue weighted by Gasteiger charge is 2.30. The van der Waals surface area contributed by atoms with E-state index in [1.165, 1.54) is 24.6 Å². The number of allylic oxidation sites excluding steroid dienone is 1. The number of nitrogens with one attached hydrogen (secondary N) is 1. The fourth-order valence-corrected chi connectivity index (χ4v) is 4.58. The Hall–Kier alpha value is -2.46. The zero-order valence-electron chi connectivity index (χ0n) is 16.1. The van der Waals surface area contributed by atoms with Crippen LogP contribution in [0.25, 0.3) is 0 Å². The molecule has 2 heterocycles. The highest BCUT2D eigenvalue weighted by Crippen LogP contribution is 2.36. The van der Waals surface area contributed by atoms with Gasteiger partial charge < -0.3 is 15.0 Å². The second kappa shape index (κ2) is 9.65. The molecule has 7 heteroatoms. The first-order valence-corrected chi connectivity index (χ1v) is 10.6. The van der Waals surface area contributed by atoms with Gasteiger partial charge in [0.05, 0.1) is 29.5 Å². The van der Waals surface area contributed by atoms with E-state index in [0.717, 1.165) is 37.2 Å². The predicted molar refractivity (Wildman–Crippen MR) is 109 cm³/mol. The standard InChI is InChI=1S/C21H25N3O3S/c1-27-16-8-6-15(7-9-16)17-12-19(25)23-21(18(17)13-22)28-14-20(26)24-10-4-2-3-5-11-24/h6-9,17H,2-5,10-12,14H2,1H3,(H,23,25)/t17-/m1/s1. The molecule has 28 heavy (non-hydrogen) atoms. The Morgan fingerprint density at radius 1 is 1.25 bits per heavy atom. The van der Waals surface area contributed by atoms with Gasteiger partial charge in [0.25, 0.3) is 0 Å². The molecule has 1 fully saturated rings. The van der Waals surface area contributed by atoms with Gasteiger partial charge in [0.15, 0.2) is 0 Å². The summed E-state index contributed by atoms with van der Waals surface area (Å²) in [7, 11) is 1.60. The largest absolute Gasteiger partial charge is 0.497 e. The van der Waals surface area contributed by atoms with E-state index in [9.17, 15) is 14.9 Å². The second-order valence-electron chi connectivity index (χ2n) is 7.02. The smallest absolute Gasteiger partial charge is 0.232 e. The molecule has 0 unspecified atom stereocenters. The molecule has 0 aliphatic carbocycles. The summed E-state index contributed by atoms with van der Waals surface area (Å²) in [5, 5.41) is 13.0. The molecular weight excluding hydrogens is 374 g/mol. The summed E-state index contributed by atoms with van der Waals surface area (Å²) in [5.74, 6) is 0.586. The number of hydrogen-bond donors (Lipinski definition) is 1. The zero-order chi connectivity index (χ0) is 19.9. The lowest BCUT2D eigenvalue weighted by molar-refractivity contribution is -0.128. The Morgan fingerprint density at radius 2 is 1.93 bits per heavy atom. The number of amides is 2. The summed E-state index contributed by atoms with van der Waals surface area (Å²) >= 11 is 1.26. The van der Waals surface area contributed by atoms with E-state index in [-0.39, 0.29) is 29.9 Å². The van der Waals surface area contributed by atoms with Crippen molar-refractivity contribution in [2.24, 2.45) is 0 Å². The third kappa shape index (κ3) is 4.87. The summed E-state index contributed by atoms with van der Waals surface area (Å²) in [5.41, 5.74) is 1.41. The molecule has 3 rings (SSSR count). The van der Waals surface area contributed by atoms with Gasteiger partial charge in [0, 0.05) is 25.4 Å². The maximum Gasteiger partial charge on any atom is 0.232 e. The van der Waals surface area contributed by atoms with Gasteiger partial charge in [-0.1, -0.05) is 36.7 Å². The van der Waals surface area contributed by atoms with Crippen LogP contribution in [0.4, 0.5) is 0 Å². The lowest BCUT2D eigenvalue weighted by Gasteiger charge is -2.26. The molecular formula is C21H25N3O3S. The molecule has 148 valence electrons. The van der Waals surface area contributed by atoms with Gasteiger partial charge in [0.2, 0.25) is 11.8 Å². The van der Waals surface area contributed by atoms with Crippen LogP contribution in [0, 0.1) is 11.3 Å². The van der Waals surface area contributed by atoms with Crippen molar-refractivity contribution in [3.05, 3.63) is 40.4 Å². The SMILES string of the molecule is COc1ccc([C@H]2CC(=O)NC(SCC(=O)N3CCCCCC3)=C2C#N)cc1. The van der Waals surface area contributed by atoms with Crippen molar-refractivity contribution in [3.8, 4) is 11.8 Å². The van der Waals surface area contributed by atoms with E-state index in [1.54, 1.807) is 7.11 Å². The van der Waals surface area contributed by atoms with Gasteiger partial charge in [-0.15, -0.1) is 0 Å². The zero-order valence-corrected chi connectivity index (χ0v) is 16.9. The Balaban J connectivity index is 1.75. The molecule has 2 aliphatic heterocycles. The minimum atomic E-state index is -0.305. The molecule has 2 amide bonds. The fraction of sp³-hybridized carbons (Fsp3) is 0.476. The number of carbonyl (C=O) groups is 2. The van der Waals surface area contributed by atoms with Crippen LogP contribution in [0.1, 0.15) is 43.6 Å². The van der Waals surface area contributed by atoms with Crippen LogP contribution in [0.2, 0.25) is 0 Å². The van der Waals surface area contributed by atoms with E-state index in [4.69, 9.17) is 4.74 Å². The van der Waals surface area contributed by atoms with Crippen molar-refractivity contribution in [1.82, 2.24) is 10.2 Å². The average molecular weight is 400 g/mol. The van der Waals surface area contributed by atoms with Crippen molar-refractivity contribution < 1.29 is 14.3 Å². The van der Waals surface area contributed by atoms with Crippen LogP contribution >= 0.6 is 11.8 Å². The fourth-order valence-electron chi connectivity index (χ4n) is 3.60.